The van der Waals surface area contributed by atoms with Gasteiger partial charge in [-0.1, -0.05) is 52.0 Å². The van der Waals surface area contributed by atoms with Crippen molar-refractivity contribution in [3.05, 3.63) is 26.7 Å². The molecule has 3 nitrogen and oxygen atoms in total. The van der Waals surface area contributed by atoms with Gasteiger partial charge in [0.15, 0.2) is 0 Å². The first-order valence-corrected chi connectivity index (χ1v) is 10.9. The summed E-state index contributed by atoms with van der Waals surface area (Å²) in [5, 5.41) is 0.226. The van der Waals surface area contributed by atoms with Crippen LogP contribution in [0.2, 0.25) is 10.0 Å². The topological polar surface area (TPSA) is 46.2 Å². The third-order valence-electron chi connectivity index (χ3n) is 2.80. The molecule has 0 aliphatic rings. The number of hydrogen-bond donors (Lipinski definition) is 1. The molecule has 0 unspecified atom stereocenters. The molecular formula is C13H18BrCl2NO2S2. The Kier molecular flexibility index (Phi) is 8.98. The minimum atomic E-state index is -3.67. The summed E-state index contributed by atoms with van der Waals surface area (Å²) in [6.45, 7) is 0.393. The molecule has 0 aliphatic carbocycles. The molecule has 120 valence electrons. The van der Waals surface area contributed by atoms with Gasteiger partial charge < -0.3 is 0 Å². The van der Waals surface area contributed by atoms with Gasteiger partial charge in [0.2, 0.25) is 10.0 Å². The summed E-state index contributed by atoms with van der Waals surface area (Å²) in [7, 11) is -3.67. The zero-order chi connectivity index (χ0) is 15.9. The molecule has 21 heavy (non-hydrogen) atoms. The van der Waals surface area contributed by atoms with Gasteiger partial charge in [-0.3, -0.25) is 0 Å². The van der Waals surface area contributed by atoms with Crippen molar-refractivity contribution < 1.29 is 8.42 Å². The highest BCUT2D eigenvalue weighted by atomic mass is 79.9. The summed E-state index contributed by atoms with van der Waals surface area (Å²) in [5.41, 5.74) is 0. The third kappa shape index (κ3) is 6.67. The van der Waals surface area contributed by atoms with Crippen molar-refractivity contribution in [2.75, 3.05) is 18.6 Å². The molecule has 0 bridgehead atoms. The van der Waals surface area contributed by atoms with E-state index in [-0.39, 0.29) is 14.9 Å². The lowest BCUT2D eigenvalue weighted by molar-refractivity contribution is 0.574. The lowest BCUT2D eigenvalue weighted by Gasteiger charge is -2.10. The lowest BCUT2D eigenvalue weighted by Crippen LogP contribution is -2.25. The molecule has 0 aliphatic heterocycles. The summed E-state index contributed by atoms with van der Waals surface area (Å²) >= 11 is 17.0. The van der Waals surface area contributed by atoms with Crippen molar-refractivity contribution in [3.63, 3.8) is 0 Å². The molecule has 0 spiro atoms. The number of nitrogens with one attached hydrogen (secondary N) is 1. The smallest absolute Gasteiger partial charge is 0.211 e. The molecule has 1 aromatic carbocycles. The molecular weight excluding hydrogens is 417 g/mol. The zero-order valence-electron chi connectivity index (χ0n) is 11.7. The number of unbranched alkanes of at least 4 members (excludes halogenated alkanes) is 3. The van der Waals surface area contributed by atoms with Gasteiger partial charge in [0.25, 0.3) is 0 Å². The van der Waals surface area contributed by atoms with Crippen molar-refractivity contribution in [1.82, 2.24) is 4.72 Å². The minimum absolute atomic E-state index is 0.0589. The molecule has 0 atom stereocenters. The molecule has 0 fully saturated rings. The van der Waals surface area contributed by atoms with Gasteiger partial charge in [0.05, 0.1) is 10.0 Å². The second kappa shape index (κ2) is 9.63. The van der Waals surface area contributed by atoms with Crippen LogP contribution >= 0.6 is 50.9 Å². The second-order valence-electron chi connectivity index (χ2n) is 4.50. The van der Waals surface area contributed by atoms with E-state index in [4.69, 9.17) is 23.2 Å². The predicted octanol–water partition coefficient (Wildman–Crippen LogP) is 4.96. The normalized spacial score (nSPS) is 11.8. The highest BCUT2D eigenvalue weighted by molar-refractivity contribution is 9.10. The maximum absolute atomic E-state index is 12.2. The first-order valence-electron chi connectivity index (χ1n) is 6.51. The van der Waals surface area contributed by atoms with E-state index in [0.29, 0.717) is 11.0 Å². The van der Waals surface area contributed by atoms with Gasteiger partial charge in [-0.2, -0.15) is 11.8 Å². The number of benzene rings is 1. The Hall–Kier alpha value is 0.540. The monoisotopic (exact) mass is 433 g/mol. The Labute approximate surface area is 149 Å². The van der Waals surface area contributed by atoms with Gasteiger partial charge in [0.1, 0.15) is 4.90 Å². The van der Waals surface area contributed by atoms with Gasteiger partial charge >= 0.3 is 0 Å². The standard InChI is InChI=1S/C13H18BrCl2NO2S2/c1-20-7-5-3-2-4-6-17-21(18,19)13-11(15)8-10(14)9-12(13)16/h8-9,17H,2-7H2,1H3. The summed E-state index contributed by atoms with van der Waals surface area (Å²) in [4.78, 5) is -0.0589. The van der Waals surface area contributed by atoms with E-state index in [1.807, 2.05) is 11.8 Å². The first-order chi connectivity index (χ1) is 9.88. The van der Waals surface area contributed by atoms with Crippen LogP contribution in [0.1, 0.15) is 25.7 Å². The van der Waals surface area contributed by atoms with Crippen LogP contribution in [0.4, 0.5) is 0 Å². The van der Waals surface area contributed by atoms with E-state index in [0.717, 1.165) is 31.4 Å². The van der Waals surface area contributed by atoms with Crippen molar-refractivity contribution in [2.24, 2.45) is 0 Å². The van der Waals surface area contributed by atoms with E-state index in [1.54, 1.807) is 0 Å². The van der Waals surface area contributed by atoms with Crippen LogP contribution in [0.3, 0.4) is 0 Å². The van der Waals surface area contributed by atoms with Crippen LogP contribution in [0, 0.1) is 0 Å². The molecule has 0 aromatic heterocycles. The molecule has 1 N–H and O–H groups in total. The zero-order valence-corrected chi connectivity index (χ0v) is 16.4. The molecule has 0 saturated heterocycles. The van der Waals surface area contributed by atoms with Gasteiger partial charge in [-0.05, 0) is 37.0 Å². The molecule has 0 amide bonds. The van der Waals surface area contributed by atoms with Crippen molar-refractivity contribution in [2.45, 2.75) is 30.6 Å². The highest BCUT2D eigenvalue weighted by Gasteiger charge is 2.21. The Morgan fingerprint density at radius 1 is 1.14 bits per heavy atom. The van der Waals surface area contributed by atoms with E-state index < -0.39 is 10.0 Å². The van der Waals surface area contributed by atoms with Crippen LogP contribution in [0.15, 0.2) is 21.5 Å². The van der Waals surface area contributed by atoms with Crippen LogP contribution in [0.5, 0.6) is 0 Å². The average Bonchev–Trinajstić information content (AvgIpc) is 2.35. The van der Waals surface area contributed by atoms with Crippen LogP contribution in [-0.4, -0.2) is 27.0 Å². The number of thioether (sulfide) groups is 1. The number of hydrogen-bond acceptors (Lipinski definition) is 3. The SMILES string of the molecule is CSCCCCCCNS(=O)(=O)c1c(Cl)cc(Br)cc1Cl. The summed E-state index contributed by atoms with van der Waals surface area (Å²) in [6, 6.07) is 3.04. The molecule has 1 rings (SSSR count). The number of rotatable bonds is 9. The maximum Gasteiger partial charge on any atom is 0.243 e. The molecule has 0 heterocycles. The third-order valence-corrected chi connectivity index (χ3v) is 6.34. The predicted molar refractivity (Wildman–Crippen MR) is 96.2 cm³/mol. The van der Waals surface area contributed by atoms with Gasteiger partial charge in [-0.15, -0.1) is 0 Å². The van der Waals surface area contributed by atoms with E-state index >= 15 is 0 Å². The largest absolute Gasteiger partial charge is 0.243 e. The van der Waals surface area contributed by atoms with E-state index in [1.165, 1.54) is 12.1 Å². The maximum atomic E-state index is 12.2. The van der Waals surface area contributed by atoms with Gasteiger partial charge in [0, 0.05) is 11.0 Å². The summed E-state index contributed by atoms with van der Waals surface area (Å²) < 4.78 is 27.6. The van der Waals surface area contributed by atoms with Crippen LogP contribution in [-0.2, 0) is 10.0 Å². The average molecular weight is 435 g/mol. The van der Waals surface area contributed by atoms with E-state index in [9.17, 15) is 8.42 Å². The molecule has 1 aromatic rings. The summed E-state index contributed by atoms with van der Waals surface area (Å²) in [5.74, 6) is 1.15. The molecule has 0 radical (unpaired) electrons. The quantitative estimate of drug-likeness (QED) is 0.558. The Morgan fingerprint density at radius 3 is 2.29 bits per heavy atom. The second-order valence-corrected chi connectivity index (χ2v) is 8.92. The van der Waals surface area contributed by atoms with Crippen molar-refractivity contribution in [1.29, 1.82) is 0 Å². The van der Waals surface area contributed by atoms with Gasteiger partial charge in [-0.25, -0.2) is 13.1 Å². The van der Waals surface area contributed by atoms with Crippen LogP contribution in [0.25, 0.3) is 0 Å². The molecule has 8 heteroatoms. The van der Waals surface area contributed by atoms with Crippen molar-refractivity contribution in [3.8, 4) is 0 Å². The van der Waals surface area contributed by atoms with E-state index in [2.05, 4.69) is 26.9 Å². The fourth-order valence-corrected chi connectivity index (χ4v) is 5.29. The Bertz CT molecular complexity index is 544. The van der Waals surface area contributed by atoms with Crippen molar-refractivity contribution >= 4 is 60.9 Å². The fraction of sp³-hybridized carbons (Fsp3) is 0.538. The number of sulfonamides is 1. The molecule has 0 saturated carbocycles. The fourth-order valence-electron chi connectivity index (χ4n) is 1.79. The Morgan fingerprint density at radius 2 is 1.71 bits per heavy atom. The Balaban J connectivity index is 2.55. The minimum Gasteiger partial charge on any atom is -0.211 e. The first kappa shape index (κ1) is 19.6. The summed E-state index contributed by atoms with van der Waals surface area (Å²) in [6.07, 6.45) is 6.17. The number of halogens is 3. The highest BCUT2D eigenvalue weighted by Crippen LogP contribution is 2.32. The van der Waals surface area contributed by atoms with Crippen LogP contribution < -0.4 is 4.72 Å². The lowest BCUT2D eigenvalue weighted by atomic mass is 10.2.